The highest BCUT2D eigenvalue weighted by molar-refractivity contribution is 7.27. The van der Waals surface area contributed by atoms with Gasteiger partial charge in [-0.2, -0.15) is 0 Å². The second-order valence-corrected chi connectivity index (χ2v) is 16.2. The van der Waals surface area contributed by atoms with Gasteiger partial charge < -0.3 is 4.42 Å². The van der Waals surface area contributed by atoms with Gasteiger partial charge in [0, 0.05) is 47.6 Å². The zero-order chi connectivity index (χ0) is 39.6. The lowest BCUT2D eigenvalue weighted by atomic mass is 9.97. The van der Waals surface area contributed by atoms with Crippen LogP contribution in [0.5, 0.6) is 0 Å². The molecule has 3 heterocycles. The molecule has 12 aromatic rings. The summed E-state index contributed by atoms with van der Waals surface area (Å²) < 4.78 is 9.10. The SMILES string of the molecule is c1ccc(-c2cccc(-c3ccc4oc5cccc(-c6nc(-c7ccccc7)nc(-c7ccc(-c8cccc9c8sc8c%10ccccc%10ccc98)cc7)n6)c5c4c3)c2)cc1. The van der Waals surface area contributed by atoms with Crippen molar-refractivity contribution >= 4 is 64.2 Å². The Morgan fingerprint density at radius 3 is 1.70 bits per heavy atom. The molecule has 9 aromatic carbocycles. The maximum absolute atomic E-state index is 6.48. The van der Waals surface area contributed by atoms with Gasteiger partial charge in [0.15, 0.2) is 17.5 Å². The molecule has 280 valence electrons. The third-order valence-electron chi connectivity index (χ3n) is 11.5. The number of thiophene rings is 1. The maximum atomic E-state index is 6.48. The minimum Gasteiger partial charge on any atom is -0.456 e. The molecule has 0 aliphatic heterocycles. The average molecular weight is 784 g/mol. The lowest BCUT2D eigenvalue weighted by Crippen LogP contribution is -2.00. The lowest BCUT2D eigenvalue weighted by molar-refractivity contribution is 0.669. The normalized spacial score (nSPS) is 11.7. The average Bonchev–Trinajstić information content (AvgIpc) is 3.91. The van der Waals surface area contributed by atoms with Crippen LogP contribution in [0.2, 0.25) is 0 Å². The highest BCUT2D eigenvalue weighted by Gasteiger charge is 2.19. The Morgan fingerprint density at radius 2 is 0.883 bits per heavy atom. The Morgan fingerprint density at radius 1 is 0.317 bits per heavy atom. The Balaban J connectivity index is 0.978. The molecule has 0 unspecified atom stereocenters. The Kier molecular flexibility index (Phi) is 8.00. The molecule has 0 atom stereocenters. The van der Waals surface area contributed by atoms with Gasteiger partial charge in [0.05, 0.1) is 0 Å². The van der Waals surface area contributed by atoms with Gasteiger partial charge in [0.25, 0.3) is 0 Å². The molecule has 0 spiro atoms. The van der Waals surface area contributed by atoms with Gasteiger partial charge in [-0.15, -0.1) is 11.3 Å². The zero-order valence-electron chi connectivity index (χ0n) is 32.2. The van der Waals surface area contributed by atoms with Crippen molar-refractivity contribution in [3.8, 4) is 67.5 Å². The van der Waals surface area contributed by atoms with Gasteiger partial charge in [-0.25, -0.2) is 15.0 Å². The molecule has 0 saturated heterocycles. The van der Waals surface area contributed by atoms with Gasteiger partial charge in [0.1, 0.15) is 11.2 Å². The van der Waals surface area contributed by atoms with Gasteiger partial charge in [0.2, 0.25) is 0 Å². The molecule has 0 radical (unpaired) electrons. The number of nitrogens with zero attached hydrogens (tertiary/aromatic N) is 3. The fraction of sp³-hybridized carbons (Fsp3) is 0. The van der Waals surface area contributed by atoms with E-state index in [2.05, 4.69) is 152 Å². The van der Waals surface area contributed by atoms with Crippen LogP contribution in [-0.2, 0) is 0 Å². The van der Waals surface area contributed by atoms with Crippen LogP contribution in [0.4, 0.5) is 0 Å². The minimum absolute atomic E-state index is 0.593. The molecule has 0 fully saturated rings. The summed E-state index contributed by atoms with van der Waals surface area (Å²) in [4.78, 5) is 15.4. The van der Waals surface area contributed by atoms with Crippen LogP contribution in [-0.4, -0.2) is 15.0 Å². The van der Waals surface area contributed by atoms with Crippen molar-refractivity contribution in [1.82, 2.24) is 15.0 Å². The van der Waals surface area contributed by atoms with Crippen LogP contribution in [0, 0.1) is 0 Å². The Bertz CT molecular complexity index is 3590. The first-order valence-electron chi connectivity index (χ1n) is 20.1. The second-order valence-electron chi connectivity index (χ2n) is 15.1. The van der Waals surface area contributed by atoms with E-state index in [0.29, 0.717) is 17.5 Å². The van der Waals surface area contributed by atoms with E-state index in [1.54, 1.807) is 0 Å². The number of aromatic nitrogens is 3. The van der Waals surface area contributed by atoms with Crippen LogP contribution in [0.15, 0.2) is 205 Å². The molecule has 0 N–H and O–H groups in total. The first-order valence-corrected chi connectivity index (χ1v) is 20.9. The quantitative estimate of drug-likeness (QED) is 0.169. The largest absolute Gasteiger partial charge is 0.456 e. The molecule has 0 aliphatic carbocycles. The first kappa shape index (κ1) is 34.3. The number of benzene rings is 9. The highest BCUT2D eigenvalue weighted by atomic mass is 32.1. The number of furan rings is 1. The van der Waals surface area contributed by atoms with Crippen LogP contribution in [0.1, 0.15) is 0 Å². The van der Waals surface area contributed by atoms with E-state index in [9.17, 15) is 0 Å². The summed E-state index contributed by atoms with van der Waals surface area (Å²) >= 11 is 1.87. The van der Waals surface area contributed by atoms with E-state index in [1.807, 2.05) is 59.9 Å². The predicted octanol–water partition coefficient (Wildman–Crippen LogP) is 15.3. The molecule has 60 heavy (non-hydrogen) atoms. The number of hydrogen-bond donors (Lipinski definition) is 0. The van der Waals surface area contributed by atoms with Gasteiger partial charge in [-0.3, -0.25) is 0 Å². The molecule has 4 nitrogen and oxygen atoms in total. The standard InChI is InChI=1S/C55H33N3OS/c1-3-12-34(13-4-1)39-17-9-18-40(32-39)41-29-31-48-47(33-41)50-46(22-11-23-49(50)59-48)55-57-53(37-15-5-2-6-16-37)56-54(58-55)38-26-24-36(25-27-38)43-20-10-21-44-45-30-28-35-14-7-8-19-42(35)52(45)60-51(43)44/h1-33H. The van der Waals surface area contributed by atoms with Gasteiger partial charge in [-0.05, 0) is 68.4 Å². The molecule has 0 aliphatic rings. The summed E-state index contributed by atoms with van der Waals surface area (Å²) in [5.41, 5.74) is 11.3. The molecule has 5 heteroatoms. The van der Waals surface area contributed by atoms with Crippen molar-refractivity contribution in [2.75, 3.05) is 0 Å². The van der Waals surface area contributed by atoms with E-state index in [4.69, 9.17) is 19.4 Å². The van der Waals surface area contributed by atoms with E-state index in [1.165, 1.54) is 47.6 Å². The molecule has 12 rings (SSSR count). The van der Waals surface area contributed by atoms with Crippen molar-refractivity contribution in [2.45, 2.75) is 0 Å². The van der Waals surface area contributed by atoms with Gasteiger partial charge in [-0.1, -0.05) is 176 Å². The molecular formula is C55H33N3OS. The summed E-state index contributed by atoms with van der Waals surface area (Å²) in [6.45, 7) is 0. The van der Waals surface area contributed by atoms with Crippen LogP contribution < -0.4 is 0 Å². The number of rotatable bonds is 6. The smallest absolute Gasteiger partial charge is 0.164 e. The van der Waals surface area contributed by atoms with E-state index < -0.39 is 0 Å². The fourth-order valence-corrected chi connectivity index (χ4v) is 9.97. The summed E-state index contributed by atoms with van der Waals surface area (Å²) in [6, 6.07) is 70.3. The topological polar surface area (TPSA) is 51.8 Å². The van der Waals surface area contributed by atoms with Crippen molar-refractivity contribution < 1.29 is 4.42 Å². The first-order chi connectivity index (χ1) is 29.7. The van der Waals surface area contributed by atoms with Crippen LogP contribution in [0.3, 0.4) is 0 Å². The summed E-state index contributed by atoms with van der Waals surface area (Å²) in [7, 11) is 0. The van der Waals surface area contributed by atoms with E-state index in [0.717, 1.165) is 55.3 Å². The third-order valence-corrected chi connectivity index (χ3v) is 12.8. The monoisotopic (exact) mass is 783 g/mol. The molecule has 3 aromatic heterocycles. The highest BCUT2D eigenvalue weighted by Crippen LogP contribution is 2.43. The second kappa shape index (κ2) is 14.0. The molecule has 0 saturated carbocycles. The molecular weight excluding hydrogens is 751 g/mol. The lowest BCUT2D eigenvalue weighted by Gasteiger charge is -2.10. The van der Waals surface area contributed by atoms with Crippen LogP contribution in [0.25, 0.3) is 120 Å². The van der Waals surface area contributed by atoms with Crippen LogP contribution >= 0.6 is 11.3 Å². The molecule has 0 bridgehead atoms. The zero-order valence-corrected chi connectivity index (χ0v) is 33.0. The number of fused-ring (bicyclic) bond motifs is 8. The van der Waals surface area contributed by atoms with Crippen molar-refractivity contribution in [2.24, 2.45) is 0 Å². The summed E-state index contributed by atoms with van der Waals surface area (Å²) in [6.07, 6.45) is 0. The van der Waals surface area contributed by atoms with Crippen molar-refractivity contribution in [3.63, 3.8) is 0 Å². The van der Waals surface area contributed by atoms with E-state index in [-0.39, 0.29) is 0 Å². The summed E-state index contributed by atoms with van der Waals surface area (Å²) in [5.74, 6) is 1.82. The fourth-order valence-electron chi connectivity index (χ4n) is 8.60. The van der Waals surface area contributed by atoms with Gasteiger partial charge >= 0.3 is 0 Å². The Labute approximate surface area is 349 Å². The summed E-state index contributed by atoms with van der Waals surface area (Å²) in [5, 5.41) is 7.13. The minimum atomic E-state index is 0.593. The van der Waals surface area contributed by atoms with Crippen molar-refractivity contribution in [3.05, 3.63) is 200 Å². The molecule has 0 amide bonds. The predicted molar refractivity (Wildman–Crippen MR) is 250 cm³/mol. The van der Waals surface area contributed by atoms with E-state index >= 15 is 0 Å². The van der Waals surface area contributed by atoms with Crippen molar-refractivity contribution in [1.29, 1.82) is 0 Å². The maximum Gasteiger partial charge on any atom is 0.164 e. The third kappa shape index (κ3) is 5.78. The Hall–Kier alpha value is -7.73. The number of hydrogen-bond acceptors (Lipinski definition) is 5.